The van der Waals surface area contributed by atoms with E-state index in [4.69, 9.17) is 16.3 Å². The van der Waals surface area contributed by atoms with Crippen molar-refractivity contribution >= 4 is 58.5 Å². The number of hydrogen-bond donors (Lipinski definition) is 3. The molecule has 0 radical (unpaired) electrons. The summed E-state index contributed by atoms with van der Waals surface area (Å²) in [5, 5.41) is 8.39. The van der Waals surface area contributed by atoms with Gasteiger partial charge in [-0.3, -0.25) is 19.4 Å². The van der Waals surface area contributed by atoms with Crippen LogP contribution in [0.5, 0.6) is 5.75 Å². The molecular weight excluding hydrogens is 560 g/mol. The van der Waals surface area contributed by atoms with Crippen molar-refractivity contribution < 1.29 is 19.1 Å². The van der Waals surface area contributed by atoms with E-state index in [1.807, 2.05) is 6.07 Å². The Morgan fingerprint density at radius 3 is 2.49 bits per heavy atom. The summed E-state index contributed by atoms with van der Waals surface area (Å²) < 4.78 is 5.30. The average Bonchev–Trinajstić information content (AvgIpc) is 2.98. The van der Waals surface area contributed by atoms with Gasteiger partial charge in [-0.2, -0.15) is 0 Å². The molecule has 0 aliphatic rings. The summed E-state index contributed by atoms with van der Waals surface area (Å²) in [5.41, 5.74) is 2.08. The van der Waals surface area contributed by atoms with Crippen molar-refractivity contribution in [2.24, 2.45) is 0 Å². The zero-order valence-electron chi connectivity index (χ0n) is 22.3. The van der Waals surface area contributed by atoms with Gasteiger partial charge in [0.05, 0.1) is 18.0 Å². The number of rotatable bonds is 10. The number of aromatic nitrogens is 1. The maximum Gasteiger partial charge on any atom is 0.272 e. The number of hydrogen-bond acceptors (Lipinski definition) is 6. The molecule has 1 unspecified atom stereocenters. The molecule has 41 heavy (non-hydrogen) atoms. The molecule has 1 aromatic heterocycles. The normalized spacial score (nSPS) is 11.7. The third-order valence-electron chi connectivity index (χ3n) is 5.72. The van der Waals surface area contributed by atoms with Crippen LogP contribution in [-0.4, -0.2) is 35.1 Å². The molecule has 0 aliphatic heterocycles. The molecule has 0 saturated carbocycles. The van der Waals surface area contributed by atoms with E-state index in [2.05, 4.69) is 20.9 Å². The Balaban J connectivity index is 1.46. The van der Waals surface area contributed by atoms with Gasteiger partial charge in [-0.1, -0.05) is 41.9 Å². The molecule has 8 nitrogen and oxygen atoms in total. The van der Waals surface area contributed by atoms with Crippen LogP contribution in [0.2, 0.25) is 5.02 Å². The van der Waals surface area contributed by atoms with E-state index in [-0.39, 0.29) is 11.6 Å². The van der Waals surface area contributed by atoms with Crippen LogP contribution < -0.4 is 20.7 Å². The van der Waals surface area contributed by atoms with E-state index in [1.165, 1.54) is 18.9 Å². The molecule has 4 aromatic rings. The number of anilines is 2. The second-order valence-corrected chi connectivity index (χ2v) is 10.6. The lowest BCUT2D eigenvalue weighted by Gasteiger charge is -2.15. The van der Waals surface area contributed by atoms with Gasteiger partial charge in [0.2, 0.25) is 5.91 Å². The van der Waals surface area contributed by atoms with Crippen LogP contribution in [0.15, 0.2) is 108 Å². The maximum atomic E-state index is 13.3. The van der Waals surface area contributed by atoms with Crippen LogP contribution in [0, 0.1) is 0 Å². The highest BCUT2D eigenvalue weighted by atomic mass is 35.5. The quantitative estimate of drug-likeness (QED) is 0.149. The van der Waals surface area contributed by atoms with Crippen LogP contribution >= 0.6 is 23.4 Å². The van der Waals surface area contributed by atoms with Crippen LogP contribution in [0.25, 0.3) is 6.08 Å². The number of nitrogens with one attached hydrogen (secondary N) is 3. The fourth-order valence-corrected chi connectivity index (χ4v) is 4.78. The van der Waals surface area contributed by atoms with Gasteiger partial charge >= 0.3 is 0 Å². The van der Waals surface area contributed by atoms with Gasteiger partial charge in [-0.25, -0.2) is 0 Å². The lowest BCUT2D eigenvalue weighted by Crippen LogP contribution is -2.30. The number of thioether (sulfide) groups is 1. The molecule has 0 saturated heterocycles. The molecule has 208 valence electrons. The van der Waals surface area contributed by atoms with Gasteiger partial charge in [0.1, 0.15) is 11.4 Å². The zero-order valence-corrected chi connectivity index (χ0v) is 23.8. The van der Waals surface area contributed by atoms with Crippen molar-refractivity contribution in [1.82, 2.24) is 10.3 Å². The number of methoxy groups -OCH3 is 1. The van der Waals surface area contributed by atoms with Crippen molar-refractivity contribution in [3.63, 3.8) is 0 Å². The molecule has 3 N–H and O–H groups in total. The first-order valence-corrected chi connectivity index (χ1v) is 13.8. The molecule has 0 aliphatic carbocycles. The van der Waals surface area contributed by atoms with Crippen molar-refractivity contribution in [2.45, 2.75) is 17.1 Å². The molecule has 1 atom stereocenters. The first kappa shape index (κ1) is 29.4. The lowest BCUT2D eigenvalue weighted by atomic mass is 10.2. The highest BCUT2D eigenvalue weighted by Crippen LogP contribution is 2.30. The Kier molecular flexibility index (Phi) is 10.1. The summed E-state index contributed by atoms with van der Waals surface area (Å²) in [6.45, 7) is 1.77. The third-order valence-corrected chi connectivity index (χ3v) is 7.05. The maximum absolute atomic E-state index is 13.3. The van der Waals surface area contributed by atoms with Crippen LogP contribution in [0.4, 0.5) is 11.4 Å². The first-order chi connectivity index (χ1) is 19.8. The third kappa shape index (κ3) is 8.44. The Morgan fingerprint density at radius 1 is 0.951 bits per heavy atom. The first-order valence-electron chi connectivity index (χ1n) is 12.5. The summed E-state index contributed by atoms with van der Waals surface area (Å²) in [6.07, 6.45) is 4.76. The number of halogens is 1. The predicted octanol–water partition coefficient (Wildman–Crippen LogP) is 6.27. The summed E-state index contributed by atoms with van der Waals surface area (Å²) in [7, 11) is 1.52. The van der Waals surface area contributed by atoms with Gasteiger partial charge in [-0.15, -0.1) is 11.8 Å². The van der Waals surface area contributed by atoms with Crippen molar-refractivity contribution in [3.05, 3.63) is 119 Å². The average molecular weight is 587 g/mol. The van der Waals surface area contributed by atoms with Gasteiger partial charge in [0.25, 0.3) is 11.8 Å². The highest BCUT2D eigenvalue weighted by Gasteiger charge is 2.18. The molecule has 0 bridgehead atoms. The standard InChI is InChI=1S/C31H27ClN4O4S/c1-20(29(37)35-26-17-23(32)13-14-28(26)40-2)41-25-12-6-11-24(18-25)34-31(39)27(16-21-8-7-15-33-19-21)36-30(38)22-9-4-3-5-10-22/h3-20H,1-2H3,(H,34,39)(H,35,37)(H,36,38)/b27-16-. The van der Waals surface area contributed by atoms with Gasteiger partial charge in [0, 0.05) is 33.6 Å². The molecule has 0 spiro atoms. The lowest BCUT2D eigenvalue weighted by molar-refractivity contribution is -0.115. The van der Waals surface area contributed by atoms with Crippen LogP contribution in [0.3, 0.4) is 0 Å². The van der Waals surface area contributed by atoms with E-state index in [1.54, 1.807) is 104 Å². The SMILES string of the molecule is COc1ccc(Cl)cc1NC(=O)C(C)Sc1cccc(NC(=O)/C(=C/c2cccnc2)NC(=O)c2ccccc2)c1. The minimum atomic E-state index is -0.515. The van der Waals surface area contributed by atoms with Crippen LogP contribution in [-0.2, 0) is 9.59 Å². The number of carbonyl (C=O) groups is 3. The van der Waals surface area contributed by atoms with E-state index in [0.29, 0.717) is 33.3 Å². The molecule has 10 heteroatoms. The van der Waals surface area contributed by atoms with Crippen LogP contribution in [0.1, 0.15) is 22.8 Å². The Hall–Kier alpha value is -4.60. The topological polar surface area (TPSA) is 109 Å². The summed E-state index contributed by atoms with van der Waals surface area (Å²) in [6, 6.07) is 24.2. The van der Waals surface area contributed by atoms with Gasteiger partial charge < -0.3 is 20.7 Å². The summed E-state index contributed by atoms with van der Waals surface area (Å²) in [5.74, 6) is -0.676. The Morgan fingerprint density at radius 2 is 1.76 bits per heavy atom. The van der Waals surface area contributed by atoms with Crippen molar-refractivity contribution in [3.8, 4) is 5.75 Å². The molecule has 1 heterocycles. The summed E-state index contributed by atoms with van der Waals surface area (Å²) >= 11 is 7.39. The Labute approximate surface area is 247 Å². The minimum absolute atomic E-state index is 0.0492. The van der Waals surface area contributed by atoms with Gasteiger partial charge in [0.15, 0.2) is 0 Å². The second-order valence-electron chi connectivity index (χ2n) is 8.74. The number of nitrogens with zero attached hydrogens (tertiary/aromatic N) is 1. The summed E-state index contributed by atoms with van der Waals surface area (Å²) in [4.78, 5) is 43.9. The monoisotopic (exact) mass is 586 g/mol. The number of carbonyl (C=O) groups excluding carboxylic acids is 3. The smallest absolute Gasteiger partial charge is 0.272 e. The second kappa shape index (κ2) is 14.2. The van der Waals surface area contributed by atoms with E-state index < -0.39 is 17.1 Å². The van der Waals surface area contributed by atoms with E-state index >= 15 is 0 Å². The molecule has 4 rings (SSSR count). The van der Waals surface area contributed by atoms with E-state index in [9.17, 15) is 14.4 Å². The zero-order chi connectivity index (χ0) is 29.2. The van der Waals surface area contributed by atoms with Crippen molar-refractivity contribution in [2.75, 3.05) is 17.7 Å². The molecule has 0 fully saturated rings. The van der Waals surface area contributed by atoms with E-state index in [0.717, 1.165) is 4.90 Å². The number of pyridine rings is 1. The van der Waals surface area contributed by atoms with Crippen molar-refractivity contribution in [1.29, 1.82) is 0 Å². The number of amides is 3. The fraction of sp³-hybridized carbons (Fsp3) is 0.0968. The number of benzene rings is 3. The molecule has 3 amide bonds. The number of ether oxygens (including phenoxy) is 1. The predicted molar refractivity (Wildman–Crippen MR) is 163 cm³/mol. The molecule has 3 aromatic carbocycles. The van der Waals surface area contributed by atoms with Gasteiger partial charge in [-0.05, 0) is 73.2 Å². The highest BCUT2D eigenvalue weighted by molar-refractivity contribution is 8.00. The Bertz CT molecular complexity index is 1570. The molecular formula is C31H27ClN4O4S. The fourth-order valence-electron chi connectivity index (χ4n) is 3.69. The minimum Gasteiger partial charge on any atom is -0.495 e. The largest absolute Gasteiger partial charge is 0.495 e.